The molecule has 1 heterocycles. The Bertz CT molecular complexity index is 449. The third-order valence-corrected chi connectivity index (χ3v) is 4.48. The molecule has 1 rings (SSSR count). The molecule has 0 atom stereocenters. The highest BCUT2D eigenvalue weighted by molar-refractivity contribution is 5.41. The van der Waals surface area contributed by atoms with Crippen molar-refractivity contribution in [1.82, 2.24) is 4.98 Å². The summed E-state index contributed by atoms with van der Waals surface area (Å²) in [5.74, 6) is 0.639. The highest BCUT2D eigenvalue weighted by Gasteiger charge is 2.12. The zero-order valence-electron chi connectivity index (χ0n) is 15.5. The van der Waals surface area contributed by atoms with Crippen molar-refractivity contribution in [2.75, 3.05) is 6.61 Å². The van der Waals surface area contributed by atoms with Gasteiger partial charge in [-0.3, -0.25) is 4.98 Å². The van der Waals surface area contributed by atoms with Crippen molar-refractivity contribution in [3.8, 4) is 5.75 Å². The molecule has 0 fully saturated rings. The van der Waals surface area contributed by atoms with E-state index in [2.05, 4.69) is 11.9 Å². The molecule has 4 heteroatoms. The molecule has 0 bridgehead atoms. The average molecular weight is 338 g/mol. The van der Waals surface area contributed by atoms with E-state index in [1.165, 1.54) is 57.8 Å². The summed E-state index contributed by atoms with van der Waals surface area (Å²) >= 11 is 0. The molecular formula is C20H35NO3. The predicted octanol–water partition coefficient (Wildman–Crippen LogP) is 4.67. The number of nitrogens with zero attached hydrogens (tertiary/aromatic N) is 1. The molecule has 24 heavy (non-hydrogen) atoms. The number of ether oxygens (including phenoxy) is 1. The largest absolute Gasteiger partial charge is 0.491 e. The smallest absolute Gasteiger partial charge is 0.146 e. The Labute approximate surface area is 147 Å². The minimum absolute atomic E-state index is 0.127. The molecule has 4 nitrogen and oxygen atoms in total. The second-order valence-electron chi connectivity index (χ2n) is 6.52. The maximum atomic E-state index is 9.51. The molecule has 0 amide bonds. The van der Waals surface area contributed by atoms with E-state index in [4.69, 9.17) is 4.74 Å². The van der Waals surface area contributed by atoms with Crippen molar-refractivity contribution in [2.45, 2.75) is 91.3 Å². The molecule has 1 aromatic heterocycles. The van der Waals surface area contributed by atoms with Crippen LogP contribution in [0, 0.1) is 6.92 Å². The molecule has 0 aromatic carbocycles. The number of hydrogen-bond donors (Lipinski definition) is 2. The molecule has 0 aliphatic carbocycles. The number of hydrogen-bond acceptors (Lipinski definition) is 4. The van der Waals surface area contributed by atoms with E-state index in [-0.39, 0.29) is 13.2 Å². The molecular weight excluding hydrogens is 302 g/mol. The predicted molar refractivity (Wildman–Crippen MR) is 98.2 cm³/mol. The van der Waals surface area contributed by atoms with Gasteiger partial charge in [-0.1, -0.05) is 64.7 Å². The lowest BCUT2D eigenvalue weighted by molar-refractivity contribution is 0.243. The van der Waals surface area contributed by atoms with E-state index in [1.54, 1.807) is 6.20 Å². The molecule has 0 aliphatic rings. The normalized spacial score (nSPS) is 11.0. The van der Waals surface area contributed by atoms with Crippen LogP contribution >= 0.6 is 0 Å². The van der Waals surface area contributed by atoms with Crippen LogP contribution in [0.25, 0.3) is 0 Å². The van der Waals surface area contributed by atoms with Gasteiger partial charge in [-0.05, 0) is 13.3 Å². The molecule has 1 aromatic rings. The van der Waals surface area contributed by atoms with Gasteiger partial charge in [0.1, 0.15) is 5.75 Å². The first-order valence-corrected chi connectivity index (χ1v) is 9.56. The van der Waals surface area contributed by atoms with Crippen LogP contribution in [0.1, 0.15) is 88.0 Å². The maximum Gasteiger partial charge on any atom is 0.146 e. The molecule has 0 spiro atoms. The minimum atomic E-state index is -0.132. The molecule has 2 N–H and O–H groups in total. The third kappa shape index (κ3) is 7.63. The number of pyridine rings is 1. The highest BCUT2D eigenvalue weighted by atomic mass is 16.5. The number of unbranched alkanes of at least 4 members (excludes halogenated alkanes) is 9. The SMILES string of the molecule is CCCCCCCCCCCCOc1c(C)ncc(CO)c1CO. The fourth-order valence-electron chi connectivity index (χ4n) is 2.94. The summed E-state index contributed by atoms with van der Waals surface area (Å²) in [5.41, 5.74) is 2.07. The van der Waals surface area contributed by atoms with Crippen LogP contribution in [0.2, 0.25) is 0 Å². The maximum absolute atomic E-state index is 9.51. The molecule has 0 saturated heterocycles. The van der Waals surface area contributed by atoms with E-state index >= 15 is 0 Å². The summed E-state index contributed by atoms with van der Waals surface area (Å²) in [6.07, 6.45) is 14.6. The van der Waals surface area contributed by atoms with Gasteiger partial charge in [-0.2, -0.15) is 0 Å². The van der Waals surface area contributed by atoms with E-state index < -0.39 is 0 Å². The number of aliphatic hydroxyl groups is 2. The molecule has 0 unspecified atom stereocenters. The zero-order chi connectivity index (χ0) is 17.6. The van der Waals surface area contributed by atoms with Gasteiger partial charge in [0.2, 0.25) is 0 Å². The van der Waals surface area contributed by atoms with Gasteiger partial charge >= 0.3 is 0 Å². The minimum Gasteiger partial charge on any atom is -0.491 e. The Hall–Kier alpha value is -1.13. The third-order valence-electron chi connectivity index (χ3n) is 4.48. The Morgan fingerprint density at radius 2 is 1.46 bits per heavy atom. The lowest BCUT2D eigenvalue weighted by Gasteiger charge is -2.15. The van der Waals surface area contributed by atoms with E-state index in [1.807, 2.05) is 6.92 Å². The van der Waals surface area contributed by atoms with Crippen molar-refractivity contribution < 1.29 is 14.9 Å². The first kappa shape index (κ1) is 20.9. The Kier molecular flexibility index (Phi) is 11.5. The average Bonchev–Trinajstić information content (AvgIpc) is 2.60. The standard InChI is InChI=1S/C20H35NO3/c1-3-4-5-6-7-8-9-10-11-12-13-24-20-17(2)21-14-18(15-22)19(20)16-23/h14,22-23H,3-13,15-16H2,1-2H3. The van der Waals surface area contributed by atoms with Gasteiger partial charge in [0.15, 0.2) is 0 Å². The van der Waals surface area contributed by atoms with Crippen LogP contribution < -0.4 is 4.74 Å². The van der Waals surface area contributed by atoms with Gasteiger partial charge in [0.05, 0.1) is 25.5 Å². The summed E-state index contributed by atoms with van der Waals surface area (Å²) in [5, 5.41) is 18.8. The summed E-state index contributed by atoms with van der Waals surface area (Å²) in [4.78, 5) is 4.23. The molecule has 0 aliphatic heterocycles. The summed E-state index contributed by atoms with van der Waals surface area (Å²) in [6.45, 7) is 4.50. The zero-order valence-corrected chi connectivity index (χ0v) is 15.5. The first-order valence-electron chi connectivity index (χ1n) is 9.56. The van der Waals surface area contributed by atoms with Gasteiger partial charge in [-0.25, -0.2) is 0 Å². The fourth-order valence-corrected chi connectivity index (χ4v) is 2.94. The Balaban J connectivity index is 2.17. The number of rotatable bonds is 14. The molecule has 0 radical (unpaired) electrons. The van der Waals surface area contributed by atoms with Crippen molar-refractivity contribution in [2.24, 2.45) is 0 Å². The van der Waals surface area contributed by atoms with Crippen molar-refractivity contribution in [3.63, 3.8) is 0 Å². The quantitative estimate of drug-likeness (QED) is 0.484. The monoisotopic (exact) mass is 337 g/mol. The summed E-state index contributed by atoms with van der Waals surface area (Å²) in [7, 11) is 0. The van der Waals surface area contributed by atoms with Crippen molar-refractivity contribution in [3.05, 3.63) is 23.0 Å². The highest BCUT2D eigenvalue weighted by Crippen LogP contribution is 2.25. The van der Waals surface area contributed by atoms with Crippen LogP contribution in [0.5, 0.6) is 5.75 Å². The van der Waals surface area contributed by atoms with Crippen molar-refractivity contribution in [1.29, 1.82) is 0 Å². The second-order valence-corrected chi connectivity index (χ2v) is 6.52. The topological polar surface area (TPSA) is 62.6 Å². The lowest BCUT2D eigenvalue weighted by atomic mass is 10.1. The van der Waals surface area contributed by atoms with Crippen LogP contribution in [0.3, 0.4) is 0 Å². The van der Waals surface area contributed by atoms with Crippen LogP contribution in [0.15, 0.2) is 6.20 Å². The van der Waals surface area contributed by atoms with E-state index in [9.17, 15) is 10.2 Å². The van der Waals surface area contributed by atoms with Crippen LogP contribution in [0.4, 0.5) is 0 Å². The molecule has 0 saturated carbocycles. The van der Waals surface area contributed by atoms with Gasteiger partial charge in [0, 0.05) is 17.3 Å². The van der Waals surface area contributed by atoms with E-state index in [0.717, 1.165) is 12.1 Å². The van der Waals surface area contributed by atoms with Gasteiger partial charge < -0.3 is 14.9 Å². The van der Waals surface area contributed by atoms with Gasteiger partial charge in [-0.15, -0.1) is 0 Å². The second kappa shape index (κ2) is 13.2. The Morgan fingerprint density at radius 3 is 2.00 bits per heavy atom. The number of aliphatic hydroxyl groups excluding tert-OH is 2. The number of aryl methyl sites for hydroxylation is 1. The fraction of sp³-hybridized carbons (Fsp3) is 0.750. The van der Waals surface area contributed by atoms with Crippen molar-refractivity contribution >= 4 is 0 Å². The van der Waals surface area contributed by atoms with Crippen LogP contribution in [-0.4, -0.2) is 21.8 Å². The summed E-state index contributed by atoms with van der Waals surface area (Å²) < 4.78 is 5.84. The summed E-state index contributed by atoms with van der Waals surface area (Å²) in [6, 6.07) is 0. The number of aromatic nitrogens is 1. The molecule has 138 valence electrons. The van der Waals surface area contributed by atoms with E-state index in [0.29, 0.717) is 23.5 Å². The Morgan fingerprint density at radius 1 is 0.875 bits per heavy atom. The van der Waals surface area contributed by atoms with Gasteiger partial charge in [0.25, 0.3) is 0 Å². The lowest BCUT2D eigenvalue weighted by Crippen LogP contribution is -2.06. The first-order chi connectivity index (χ1) is 11.7. The van der Waals surface area contributed by atoms with Crippen LogP contribution in [-0.2, 0) is 13.2 Å².